The third-order valence-electron chi connectivity index (χ3n) is 4.11. The number of β-amino-alcohol motifs (C(OH)–C–C–N with tert-alkyl or cyclic N) is 1. The van der Waals surface area contributed by atoms with Gasteiger partial charge in [-0.25, -0.2) is 0 Å². The average molecular weight is 248 g/mol. The first-order valence-electron chi connectivity index (χ1n) is 6.66. The summed E-state index contributed by atoms with van der Waals surface area (Å²) >= 11 is 0. The molecule has 4 atom stereocenters. The molecule has 1 heterocycles. The third-order valence-corrected chi connectivity index (χ3v) is 4.11. The molecule has 1 unspecified atom stereocenters. The summed E-state index contributed by atoms with van der Waals surface area (Å²) in [4.78, 5) is 0. The van der Waals surface area contributed by atoms with E-state index in [2.05, 4.69) is 34.9 Å². The lowest BCUT2D eigenvalue weighted by atomic mass is 10.1. The minimum absolute atomic E-state index is 0.0484. The average Bonchev–Trinajstić information content (AvgIpc) is 2.94. The molecule has 1 aliphatic carbocycles. The van der Waals surface area contributed by atoms with Crippen LogP contribution in [0.4, 0.5) is 0 Å². The molecule has 0 spiro atoms. The summed E-state index contributed by atoms with van der Waals surface area (Å²) < 4.78 is 0. The molecule has 1 aromatic rings. The normalized spacial score (nSPS) is 34.8. The Morgan fingerprint density at radius 1 is 1.28 bits per heavy atom. The van der Waals surface area contributed by atoms with Crippen molar-refractivity contribution in [3.63, 3.8) is 0 Å². The number of nitrogens with one attached hydrogen (secondary N) is 2. The number of hydrogen-bond donors (Lipinski definition) is 4. The summed E-state index contributed by atoms with van der Waals surface area (Å²) in [6.07, 6.45) is 0.948. The van der Waals surface area contributed by atoms with Crippen LogP contribution >= 0.6 is 0 Å². The Labute approximate surface area is 107 Å². The van der Waals surface area contributed by atoms with Gasteiger partial charge in [-0.15, -0.1) is 0 Å². The third kappa shape index (κ3) is 2.17. The van der Waals surface area contributed by atoms with E-state index in [0.717, 1.165) is 12.8 Å². The lowest BCUT2D eigenvalue weighted by Crippen LogP contribution is -2.42. The maximum Gasteiger partial charge on any atom is 0.0976 e. The number of aryl methyl sites for hydroxylation is 1. The molecule has 0 saturated carbocycles. The fraction of sp³-hybridized carbons (Fsp3) is 0.571. The Morgan fingerprint density at radius 2 is 2.11 bits per heavy atom. The molecule has 3 rings (SSSR count). The maximum atomic E-state index is 9.77. The molecule has 1 aromatic carbocycles. The summed E-state index contributed by atoms with van der Waals surface area (Å²) in [5.74, 6) is 0. The summed E-state index contributed by atoms with van der Waals surface area (Å²) in [6, 6.07) is 8.85. The van der Waals surface area contributed by atoms with Crippen molar-refractivity contribution in [3.8, 4) is 0 Å². The van der Waals surface area contributed by atoms with Gasteiger partial charge in [-0.05, 0) is 24.0 Å². The van der Waals surface area contributed by atoms with Crippen molar-refractivity contribution in [2.75, 3.05) is 13.1 Å². The molecular formula is C14H20N2O2. The first kappa shape index (κ1) is 12.1. The second kappa shape index (κ2) is 4.97. The van der Waals surface area contributed by atoms with Crippen LogP contribution in [0.25, 0.3) is 0 Å². The zero-order valence-corrected chi connectivity index (χ0v) is 10.3. The lowest BCUT2D eigenvalue weighted by molar-refractivity contribution is 0.0403. The highest BCUT2D eigenvalue weighted by atomic mass is 16.3. The molecule has 1 aliphatic heterocycles. The standard InChI is InChI=1S/C14H20N2O2/c17-13-8-16-12(14(13)18)7-15-11-6-5-9-3-1-2-4-10(9)11/h1-4,11-18H,5-8H2/t11?,12-,13+,14-/m1/s1. The predicted octanol–water partition coefficient (Wildman–Crippen LogP) is -0.0429. The van der Waals surface area contributed by atoms with Crippen molar-refractivity contribution in [1.82, 2.24) is 10.6 Å². The van der Waals surface area contributed by atoms with Crippen molar-refractivity contribution in [1.29, 1.82) is 0 Å². The van der Waals surface area contributed by atoms with Crippen LogP contribution in [-0.4, -0.2) is 41.6 Å². The number of fused-ring (bicyclic) bond motifs is 1. The Balaban J connectivity index is 1.59. The predicted molar refractivity (Wildman–Crippen MR) is 69.3 cm³/mol. The van der Waals surface area contributed by atoms with E-state index in [0.29, 0.717) is 19.1 Å². The smallest absolute Gasteiger partial charge is 0.0976 e. The lowest BCUT2D eigenvalue weighted by Gasteiger charge is -2.20. The number of hydrogen-bond acceptors (Lipinski definition) is 4. The first-order chi connectivity index (χ1) is 8.75. The van der Waals surface area contributed by atoms with E-state index < -0.39 is 12.2 Å². The van der Waals surface area contributed by atoms with Crippen molar-refractivity contribution in [2.45, 2.75) is 37.1 Å². The van der Waals surface area contributed by atoms with Gasteiger partial charge in [0, 0.05) is 25.2 Å². The van der Waals surface area contributed by atoms with E-state index in [9.17, 15) is 10.2 Å². The van der Waals surface area contributed by atoms with Crippen LogP contribution in [0.3, 0.4) is 0 Å². The molecule has 4 N–H and O–H groups in total. The van der Waals surface area contributed by atoms with Crippen LogP contribution in [0.1, 0.15) is 23.6 Å². The fourth-order valence-corrected chi connectivity index (χ4v) is 3.01. The number of rotatable bonds is 3. The summed E-state index contributed by atoms with van der Waals surface area (Å²) in [6.45, 7) is 1.17. The van der Waals surface area contributed by atoms with Crippen LogP contribution in [0, 0.1) is 0 Å². The molecule has 18 heavy (non-hydrogen) atoms. The van der Waals surface area contributed by atoms with Gasteiger partial charge in [-0.2, -0.15) is 0 Å². The Morgan fingerprint density at radius 3 is 2.89 bits per heavy atom. The molecule has 0 aromatic heterocycles. The molecule has 98 valence electrons. The van der Waals surface area contributed by atoms with E-state index in [-0.39, 0.29) is 6.04 Å². The van der Waals surface area contributed by atoms with Gasteiger partial charge < -0.3 is 20.8 Å². The largest absolute Gasteiger partial charge is 0.389 e. The van der Waals surface area contributed by atoms with E-state index in [1.54, 1.807) is 0 Å². The van der Waals surface area contributed by atoms with Crippen LogP contribution in [0.15, 0.2) is 24.3 Å². The zero-order chi connectivity index (χ0) is 12.5. The minimum atomic E-state index is -0.658. The van der Waals surface area contributed by atoms with E-state index in [1.165, 1.54) is 11.1 Å². The monoisotopic (exact) mass is 248 g/mol. The quantitative estimate of drug-likeness (QED) is 0.606. The Hall–Kier alpha value is -0.940. The van der Waals surface area contributed by atoms with Gasteiger partial charge in [0.2, 0.25) is 0 Å². The summed E-state index contributed by atoms with van der Waals surface area (Å²) in [5, 5.41) is 25.9. The van der Waals surface area contributed by atoms with Crippen molar-refractivity contribution < 1.29 is 10.2 Å². The van der Waals surface area contributed by atoms with Crippen LogP contribution in [0.5, 0.6) is 0 Å². The number of benzene rings is 1. The van der Waals surface area contributed by atoms with E-state index in [4.69, 9.17) is 0 Å². The molecule has 2 aliphatic rings. The molecule has 4 nitrogen and oxygen atoms in total. The van der Waals surface area contributed by atoms with Crippen LogP contribution in [-0.2, 0) is 6.42 Å². The SMILES string of the molecule is O[C@H]1[C@@H](O)CN[C@@H]1CNC1CCc2ccccc21. The van der Waals surface area contributed by atoms with Gasteiger partial charge >= 0.3 is 0 Å². The Bertz CT molecular complexity index is 424. The molecular weight excluding hydrogens is 228 g/mol. The number of aliphatic hydroxyl groups is 2. The highest BCUT2D eigenvalue weighted by molar-refractivity contribution is 5.34. The molecule has 0 amide bonds. The summed E-state index contributed by atoms with van der Waals surface area (Å²) in [7, 11) is 0. The second-order valence-corrected chi connectivity index (χ2v) is 5.27. The van der Waals surface area contributed by atoms with Gasteiger partial charge in [0.1, 0.15) is 0 Å². The fourth-order valence-electron chi connectivity index (χ4n) is 3.01. The van der Waals surface area contributed by atoms with Crippen molar-refractivity contribution in [3.05, 3.63) is 35.4 Å². The maximum absolute atomic E-state index is 9.77. The van der Waals surface area contributed by atoms with Gasteiger partial charge in [-0.1, -0.05) is 24.3 Å². The molecule has 1 fully saturated rings. The molecule has 1 saturated heterocycles. The second-order valence-electron chi connectivity index (χ2n) is 5.27. The van der Waals surface area contributed by atoms with Crippen LogP contribution < -0.4 is 10.6 Å². The zero-order valence-electron chi connectivity index (χ0n) is 10.3. The first-order valence-corrected chi connectivity index (χ1v) is 6.66. The molecule has 0 radical (unpaired) electrons. The van der Waals surface area contributed by atoms with E-state index >= 15 is 0 Å². The highest BCUT2D eigenvalue weighted by Crippen LogP contribution is 2.30. The van der Waals surface area contributed by atoms with Crippen molar-refractivity contribution in [2.24, 2.45) is 0 Å². The van der Waals surface area contributed by atoms with Gasteiger partial charge in [-0.3, -0.25) is 0 Å². The summed E-state index contributed by atoms with van der Waals surface area (Å²) in [5.41, 5.74) is 2.81. The van der Waals surface area contributed by atoms with Gasteiger partial charge in [0.05, 0.1) is 12.2 Å². The van der Waals surface area contributed by atoms with E-state index in [1.807, 2.05) is 0 Å². The van der Waals surface area contributed by atoms with Gasteiger partial charge in [0.25, 0.3) is 0 Å². The Kier molecular flexibility index (Phi) is 3.35. The van der Waals surface area contributed by atoms with Crippen molar-refractivity contribution >= 4 is 0 Å². The topological polar surface area (TPSA) is 64.5 Å². The van der Waals surface area contributed by atoms with Crippen LogP contribution in [0.2, 0.25) is 0 Å². The molecule has 4 heteroatoms. The number of aliphatic hydroxyl groups excluding tert-OH is 2. The molecule has 0 bridgehead atoms. The van der Waals surface area contributed by atoms with Gasteiger partial charge in [0.15, 0.2) is 0 Å². The highest BCUT2D eigenvalue weighted by Gasteiger charge is 2.33. The minimum Gasteiger partial charge on any atom is -0.389 e.